The summed E-state index contributed by atoms with van der Waals surface area (Å²) >= 11 is 3.36. The second-order valence-corrected chi connectivity index (χ2v) is 8.14. The lowest BCUT2D eigenvalue weighted by Crippen LogP contribution is -2.43. The van der Waals surface area contributed by atoms with Gasteiger partial charge in [0.05, 0.1) is 12.7 Å². The molecule has 0 saturated carbocycles. The van der Waals surface area contributed by atoms with Gasteiger partial charge < -0.3 is 5.32 Å². The molecule has 0 aromatic heterocycles. The quantitative estimate of drug-likeness (QED) is 0.739. The van der Waals surface area contributed by atoms with Gasteiger partial charge in [-0.3, -0.25) is 4.79 Å². The van der Waals surface area contributed by atoms with Gasteiger partial charge in [0, 0.05) is 23.6 Å². The van der Waals surface area contributed by atoms with Crippen LogP contribution in [0.2, 0.25) is 0 Å². The number of nitrogens with one attached hydrogen (secondary N) is 1. The standard InChI is InChI=1S/C15H23BrN2O3S/c1-4-12(2)18(22(3,20)21)9-8-17-15(19)11-13-6-5-7-14(16)10-13/h5-7,10,12H,4,8-9,11H2,1-3H3,(H,17,19). The Bertz CT molecular complexity index is 605. The van der Waals surface area contributed by atoms with Crippen molar-refractivity contribution in [3.63, 3.8) is 0 Å². The molecule has 0 fully saturated rings. The topological polar surface area (TPSA) is 66.5 Å². The molecule has 1 aromatic carbocycles. The zero-order valence-corrected chi connectivity index (χ0v) is 15.6. The van der Waals surface area contributed by atoms with Crippen LogP contribution in [0.1, 0.15) is 25.8 Å². The van der Waals surface area contributed by atoms with Gasteiger partial charge in [0.1, 0.15) is 0 Å². The zero-order chi connectivity index (χ0) is 16.8. The summed E-state index contributed by atoms with van der Waals surface area (Å²) < 4.78 is 25.8. The van der Waals surface area contributed by atoms with Crippen LogP contribution in [-0.4, -0.2) is 44.0 Å². The number of rotatable bonds is 8. The van der Waals surface area contributed by atoms with E-state index >= 15 is 0 Å². The van der Waals surface area contributed by atoms with Crippen molar-refractivity contribution in [2.75, 3.05) is 19.3 Å². The maximum absolute atomic E-state index is 11.9. The van der Waals surface area contributed by atoms with Crippen LogP contribution < -0.4 is 5.32 Å². The lowest BCUT2D eigenvalue weighted by atomic mass is 10.1. The maximum Gasteiger partial charge on any atom is 0.224 e. The second kappa shape index (κ2) is 8.64. The van der Waals surface area contributed by atoms with Gasteiger partial charge in [0.15, 0.2) is 0 Å². The molecular weight excluding hydrogens is 368 g/mol. The van der Waals surface area contributed by atoms with Crippen molar-refractivity contribution in [3.05, 3.63) is 34.3 Å². The number of carbonyl (C=O) groups is 1. The molecule has 0 bridgehead atoms. The molecule has 0 spiro atoms. The molecule has 1 rings (SSSR count). The van der Waals surface area contributed by atoms with Crippen molar-refractivity contribution in [2.45, 2.75) is 32.7 Å². The minimum Gasteiger partial charge on any atom is -0.354 e. The third-order valence-corrected chi connectivity index (χ3v) is 5.30. The third kappa shape index (κ3) is 6.46. The van der Waals surface area contributed by atoms with Gasteiger partial charge in [-0.15, -0.1) is 0 Å². The number of hydrogen-bond acceptors (Lipinski definition) is 3. The first-order chi connectivity index (χ1) is 10.2. The van der Waals surface area contributed by atoms with Crippen molar-refractivity contribution in [1.29, 1.82) is 0 Å². The van der Waals surface area contributed by atoms with Gasteiger partial charge >= 0.3 is 0 Å². The summed E-state index contributed by atoms with van der Waals surface area (Å²) in [6.45, 7) is 4.40. The summed E-state index contributed by atoms with van der Waals surface area (Å²) in [6.07, 6.45) is 2.21. The number of amides is 1. The predicted octanol–water partition coefficient (Wildman–Crippen LogP) is 2.17. The Kier molecular flexibility index (Phi) is 7.52. The van der Waals surface area contributed by atoms with Crippen LogP contribution >= 0.6 is 15.9 Å². The molecule has 5 nitrogen and oxygen atoms in total. The zero-order valence-electron chi connectivity index (χ0n) is 13.2. The molecule has 1 amide bonds. The lowest BCUT2D eigenvalue weighted by Gasteiger charge is -2.25. The minimum atomic E-state index is -3.26. The van der Waals surface area contributed by atoms with Gasteiger partial charge in [-0.1, -0.05) is 35.0 Å². The number of carbonyl (C=O) groups excluding carboxylic acids is 1. The molecule has 0 aliphatic heterocycles. The second-order valence-electron chi connectivity index (χ2n) is 5.29. The molecule has 7 heteroatoms. The minimum absolute atomic E-state index is 0.0722. The van der Waals surface area contributed by atoms with E-state index in [1.807, 2.05) is 38.1 Å². The van der Waals surface area contributed by atoms with Crippen LogP contribution in [-0.2, 0) is 21.2 Å². The molecule has 22 heavy (non-hydrogen) atoms. The Morgan fingerprint density at radius 1 is 1.41 bits per heavy atom. The van der Waals surface area contributed by atoms with Gasteiger partial charge in [-0.2, -0.15) is 4.31 Å². The van der Waals surface area contributed by atoms with E-state index in [0.717, 1.165) is 16.5 Å². The van der Waals surface area contributed by atoms with E-state index in [4.69, 9.17) is 0 Å². The molecule has 0 radical (unpaired) electrons. The molecule has 1 unspecified atom stereocenters. The van der Waals surface area contributed by atoms with Crippen molar-refractivity contribution < 1.29 is 13.2 Å². The highest BCUT2D eigenvalue weighted by atomic mass is 79.9. The van der Waals surface area contributed by atoms with Gasteiger partial charge in [-0.05, 0) is 31.0 Å². The fourth-order valence-corrected chi connectivity index (χ4v) is 3.79. The van der Waals surface area contributed by atoms with Crippen molar-refractivity contribution in [3.8, 4) is 0 Å². The van der Waals surface area contributed by atoms with Crippen molar-refractivity contribution in [1.82, 2.24) is 9.62 Å². The Morgan fingerprint density at radius 3 is 2.64 bits per heavy atom. The highest BCUT2D eigenvalue weighted by Gasteiger charge is 2.21. The molecule has 1 aromatic rings. The summed E-state index contributed by atoms with van der Waals surface area (Å²) in [4.78, 5) is 11.9. The van der Waals surface area contributed by atoms with Gasteiger partial charge in [0.2, 0.25) is 15.9 Å². The number of hydrogen-bond donors (Lipinski definition) is 1. The van der Waals surface area contributed by atoms with E-state index < -0.39 is 10.0 Å². The van der Waals surface area contributed by atoms with Crippen molar-refractivity contribution >= 4 is 31.9 Å². The van der Waals surface area contributed by atoms with Crippen LogP contribution in [0.25, 0.3) is 0 Å². The lowest BCUT2D eigenvalue weighted by molar-refractivity contribution is -0.120. The monoisotopic (exact) mass is 390 g/mol. The molecule has 0 heterocycles. The fraction of sp³-hybridized carbons (Fsp3) is 0.533. The van der Waals surface area contributed by atoms with E-state index in [-0.39, 0.29) is 24.9 Å². The van der Waals surface area contributed by atoms with Crippen LogP contribution in [0.15, 0.2) is 28.7 Å². The fourth-order valence-electron chi connectivity index (χ4n) is 2.12. The van der Waals surface area contributed by atoms with E-state index in [9.17, 15) is 13.2 Å². The average Bonchev–Trinajstić information content (AvgIpc) is 2.41. The molecule has 0 saturated heterocycles. The first-order valence-electron chi connectivity index (χ1n) is 7.22. The molecule has 1 N–H and O–H groups in total. The molecule has 0 aliphatic rings. The summed E-state index contributed by atoms with van der Waals surface area (Å²) in [6, 6.07) is 7.48. The van der Waals surface area contributed by atoms with Crippen LogP contribution in [0.5, 0.6) is 0 Å². The average molecular weight is 391 g/mol. The van der Waals surface area contributed by atoms with E-state index in [2.05, 4.69) is 21.2 Å². The highest BCUT2D eigenvalue weighted by molar-refractivity contribution is 9.10. The van der Waals surface area contributed by atoms with Crippen LogP contribution in [0.4, 0.5) is 0 Å². The summed E-state index contributed by atoms with van der Waals surface area (Å²) in [5.74, 6) is -0.115. The highest BCUT2D eigenvalue weighted by Crippen LogP contribution is 2.12. The normalized spacial score (nSPS) is 13.1. The smallest absolute Gasteiger partial charge is 0.224 e. The number of benzene rings is 1. The van der Waals surface area contributed by atoms with E-state index in [1.165, 1.54) is 10.6 Å². The molecule has 1 atom stereocenters. The Balaban J connectivity index is 2.50. The number of sulfonamides is 1. The Morgan fingerprint density at radius 2 is 2.09 bits per heavy atom. The van der Waals surface area contributed by atoms with E-state index in [0.29, 0.717) is 6.54 Å². The predicted molar refractivity (Wildman–Crippen MR) is 92.2 cm³/mol. The summed E-state index contributed by atoms with van der Waals surface area (Å²) in [7, 11) is -3.26. The van der Waals surface area contributed by atoms with Crippen LogP contribution in [0.3, 0.4) is 0 Å². The van der Waals surface area contributed by atoms with Gasteiger partial charge in [0.25, 0.3) is 0 Å². The maximum atomic E-state index is 11.9. The third-order valence-electron chi connectivity index (χ3n) is 3.42. The van der Waals surface area contributed by atoms with Crippen molar-refractivity contribution in [2.24, 2.45) is 0 Å². The molecular formula is C15H23BrN2O3S. The molecule has 124 valence electrons. The summed E-state index contributed by atoms with van der Waals surface area (Å²) in [5, 5.41) is 2.77. The number of nitrogens with zero attached hydrogens (tertiary/aromatic N) is 1. The SMILES string of the molecule is CCC(C)N(CCNC(=O)Cc1cccc(Br)c1)S(C)(=O)=O. The first kappa shape index (κ1) is 19.1. The van der Waals surface area contributed by atoms with E-state index in [1.54, 1.807) is 0 Å². The molecule has 0 aliphatic carbocycles. The number of halogens is 1. The Labute approximate surface area is 141 Å². The van der Waals surface area contributed by atoms with Crippen LogP contribution in [0, 0.1) is 0 Å². The largest absolute Gasteiger partial charge is 0.354 e. The Hall–Kier alpha value is -0.920. The van der Waals surface area contributed by atoms with Gasteiger partial charge in [-0.25, -0.2) is 8.42 Å². The first-order valence-corrected chi connectivity index (χ1v) is 9.86. The summed E-state index contributed by atoms with van der Waals surface area (Å²) in [5.41, 5.74) is 0.911.